The molecule has 0 bridgehead atoms. The van der Waals surface area contributed by atoms with Gasteiger partial charge < -0.3 is 5.32 Å². The van der Waals surface area contributed by atoms with Gasteiger partial charge in [0.05, 0.1) is 28.4 Å². The number of carbonyl (C=O) groups is 1. The molecular formula is C22H21N5OS2. The first-order valence-corrected chi connectivity index (χ1v) is 11.9. The van der Waals surface area contributed by atoms with Crippen molar-refractivity contribution >= 4 is 45.7 Å². The van der Waals surface area contributed by atoms with E-state index in [4.69, 9.17) is 9.97 Å². The topological polar surface area (TPSA) is 72.7 Å². The monoisotopic (exact) mass is 435 g/mol. The molecule has 152 valence electrons. The van der Waals surface area contributed by atoms with E-state index < -0.39 is 0 Å². The predicted octanol–water partition coefficient (Wildman–Crippen LogP) is 5.40. The summed E-state index contributed by atoms with van der Waals surface area (Å²) < 4.78 is 1.96. The van der Waals surface area contributed by atoms with Gasteiger partial charge in [-0.15, -0.1) is 11.3 Å². The Morgan fingerprint density at radius 1 is 1.13 bits per heavy atom. The van der Waals surface area contributed by atoms with Gasteiger partial charge >= 0.3 is 0 Å². The summed E-state index contributed by atoms with van der Waals surface area (Å²) in [5.41, 5.74) is 0.887. The number of aromatic nitrogens is 4. The molecule has 5 rings (SSSR count). The summed E-state index contributed by atoms with van der Waals surface area (Å²) in [5, 5.41) is 11.3. The SMILES string of the molecule is O=C(CSc1nc(-c2cccs2)nc2ccccc12)Nc1ccnn1C1CCCC1. The first-order chi connectivity index (χ1) is 14.8. The number of hydrogen-bond acceptors (Lipinski definition) is 6. The van der Waals surface area contributed by atoms with Crippen molar-refractivity contribution in [1.82, 2.24) is 19.7 Å². The predicted molar refractivity (Wildman–Crippen MR) is 122 cm³/mol. The number of rotatable bonds is 6. The molecule has 1 aliphatic rings. The molecule has 0 spiro atoms. The van der Waals surface area contributed by atoms with Crippen LogP contribution in [-0.2, 0) is 4.79 Å². The molecule has 30 heavy (non-hydrogen) atoms. The van der Waals surface area contributed by atoms with Crippen LogP contribution in [0.15, 0.2) is 59.1 Å². The van der Waals surface area contributed by atoms with Crippen molar-refractivity contribution in [2.24, 2.45) is 0 Å². The van der Waals surface area contributed by atoms with Crippen molar-refractivity contribution in [2.75, 3.05) is 11.1 Å². The number of carbonyl (C=O) groups excluding carboxylic acids is 1. The quantitative estimate of drug-likeness (QED) is 0.324. The van der Waals surface area contributed by atoms with Gasteiger partial charge in [0.25, 0.3) is 0 Å². The van der Waals surface area contributed by atoms with Gasteiger partial charge in [0, 0.05) is 11.5 Å². The maximum atomic E-state index is 12.7. The highest BCUT2D eigenvalue weighted by Crippen LogP contribution is 2.32. The van der Waals surface area contributed by atoms with Crippen molar-refractivity contribution < 1.29 is 4.79 Å². The summed E-state index contributed by atoms with van der Waals surface area (Å²) in [6, 6.07) is 14.2. The lowest BCUT2D eigenvalue weighted by molar-refractivity contribution is -0.113. The van der Waals surface area contributed by atoms with E-state index >= 15 is 0 Å². The zero-order chi connectivity index (χ0) is 20.3. The van der Waals surface area contributed by atoms with E-state index in [0.717, 1.165) is 39.5 Å². The zero-order valence-corrected chi connectivity index (χ0v) is 18.0. The first-order valence-electron chi connectivity index (χ1n) is 10.0. The van der Waals surface area contributed by atoms with Crippen molar-refractivity contribution in [3.8, 4) is 10.7 Å². The van der Waals surface area contributed by atoms with E-state index in [9.17, 15) is 4.79 Å². The number of fused-ring (bicyclic) bond motifs is 1. The summed E-state index contributed by atoms with van der Waals surface area (Å²) in [7, 11) is 0. The van der Waals surface area contributed by atoms with Gasteiger partial charge in [-0.2, -0.15) is 5.10 Å². The van der Waals surface area contributed by atoms with Crippen LogP contribution in [0, 0.1) is 0 Å². The minimum atomic E-state index is -0.0555. The number of nitrogens with zero attached hydrogens (tertiary/aromatic N) is 4. The van der Waals surface area contributed by atoms with Gasteiger partial charge in [0.2, 0.25) is 5.91 Å². The average molecular weight is 436 g/mol. The fourth-order valence-corrected chi connectivity index (χ4v) is 5.32. The highest BCUT2D eigenvalue weighted by molar-refractivity contribution is 8.00. The van der Waals surface area contributed by atoms with Gasteiger partial charge in [0.1, 0.15) is 10.8 Å². The van der Waals surface area contributed by atoms with Crippen LogP contribution in [0.2, 0.25) is 0 Å². The number of thiophene rings is 1. The van der Waals surface area contributed by atoms with Crippen LogP contribution < -0.4 is 5.32 Å². The van der Waals surface area contributed by atoms with Crippen LogP contribution in [0.3, 0.4) is 0 Å². The summed E-state index contributed by atoms with van der Waals surface area (Å²) in [4.78, 5) is 23.2. The molecule has 0 unspecified atom stereocenters. The van der Waals surface area contributed by atoms with Crippen LogP contribution in [-0.4, -0.2) is 31.4 Å². The Morgan fingerprint density at radius 3 is 2.83 bits per heavy atom. The van der Waals surface area contributed by atoms with E-state index in [1.165, 1.54) is 24.6 Å². The Kier molecular flexibility index (Phi) is 5.50. The molecule has 0 atom stereocenters. The number of anilines is 1. The third-order valence-electron chi connectivity index (χ3n) is 5.26. The number of thioether (sulfide) groups is 1. The Hall–Kier alpha value is -2.71. The summed E-state index contributed by atoms with van der Waals surface area (Å²) in [6.45, 7) is 0. The smallest absolute Gasteiger partial charge is 0.235 e. The number of para-hydroxylation sites is 1. The standard InChI is InChI=1S/C22H21N5OS2/c28-20(25-19-11-12-23-27(19)15-6-1-2-7-15)14-30-22-16-8-3-4-9-17(16)24-21(26-22)18-10-5-13-29-18/h3-5,8-13,15H,1-2,6-7,14H2,(H,25,28). The van der Waals surface area contributed by atoms with Crippen molar-refractivity contribution in [1.29, 1.82) is 0 Å². The molecule has 8 heteroatoms. The average Bonchev–Trinajstić information content (AvgIpc) is 3.54. The zero-order valence-electron chi connectivity index (χ0n) is 16.3. The molecule has 3 aromatic heterocycles. The van der Waals surface area contributed by atoms with Crippen LogP contribution in [0.25, 0.3) is 21.6 Å². The Labute approximate surface area is 182 Å². The lowest BCUT2D eigenvalue weighted by atomic mass is 10.2. The third kappa shape index (κ3) is 3.97. The number of nitrogens with one attached hydrogen (secondary N) is 1. The molecule has 1 saturated carbocycles. The molecular weight excluding hydrogens is 414 g/mol. The fourth-order valence-electron chi connectivity index (χ4n) is 3.84. The molecule has 1 fully saturated rings. The van der Waals surface area contributed by atoms with Crippen molar-refractivity contribution in [3.05, 3.63) is 54.0 Å². The van der Waals surface area contributed by atoms with Gasteiger partial charge in [-0.1, -0.05) is 48.9 Å². The van der Waals surface area contributed by atoms with Gasteiger partial charge in [-0.05, 0) is 30.4 Å². The van der Waals surface area contributed by atoms with Crippen molar-refractivity contribution in [2.45, 2.75) is 36.8 Å². The largest absolute Gasteiger partial charge is 0.310 e. The molecule has 1 N–H and O–H groups in total. The number of benzene rings is 1. The molecule has 4 aromatic rings. The van der Waals surface area contributed by atoms with Crippen LogP contribution in [0.5, 0.6) is 0 Å². The molecule has 0 aliphatic heterocycles. The minimum Gasteiger partial charge on any atom is -0.310 e. The summed E-state index contributed by atoms with van der Waals surface area (Å²) in [6.07, 6.45) is 6.45. The molecule has 1 aliphatic carbocycles. The molecule has 1 aromatic carbocycles. The second-order valence-electron chi connectivity index (χ2n) is 7.28. The lowest BCUT2D eigenvalue weighted by Gasteiger charge is -2.14. The van der Waals surface area contributed by atoms with E-state index in [2.05, 4.69) is 10.4 Å². The van der Waals surface area contributed by atoms with Gasteiger partial charge in [0.15, 0.2) is 5.82 Å². The maximum absolute atomic E-state index is 12.7. The van der Waals surface area contributed by atoms with Crippen LogP contribution in [0.1, 0.15) is 31.7 Å². The molecule has 0 radical (unpaired) electrons. The highest BCUT2D eigenvalue weighted by Gasteiger charge is 2.20. The summed E-state index contributed by atoms with van der Waals surface area (Å²) in [5.74, 6) is 1.70. The Bertz CT molecular complexity index is 1170. The van der Waals surface area contributed by atoms with E-state index in [-0.39, 0.29) is 11.7 Å². The maximum Gasteiger partial charge on any atom is 0.235 e. The lowest BCUT2D eigenvalue weighted by Crippen LogP contribution is -2.19. The summed E-state index contributed by atoms with van der Waals surface area (Å²) >= 11 is 3.05. The number of hydrogen-bond donors (Lipinski definition) is 1. The fraction of sp³-hybridized carbons (Fsp3) is 0.273. The molecule has 0 saturated heterocycles. The van der Waals surface area contributed by atoms with Crippen LogP contribution >= 0.6 is 23.1 Å². The van der Waals surface area contributed by atoms with E-state index in [1.807, 2.05) is 52.5 Å². The highest BCUT2D eigenvalue weighted by atomic mass is 32.2. The minimum absolute atomic E-state index is 0.0555. The van der Waals surface area contributed by atoms with Crippen molar-refractivity contribution in [3.63, 3.8) is 0 Å². The number of amides is 1. The second kappa shape index (κ2) is 8.57. The first kappa shape index (κ1) is 19.3. The Morgan fingerprint density at radius 2 is 2.00 bits per heavy atom. The van der Waals surface area contributed by atoms with E-state index in [0.29, 0.717) is 11.9 Å². The van der Waals surface area contributed by atoms with E-state index in [1.54, 1.807) is 17.5 Å². The normalized spacial score (nSPS) is 14.4. The van der Waals surface area contributed by atoms with Crippen LogP contribution in [0.4, 0.5) is 5.82 Å². The van der Waals surface area contributed by atoms with Gasteiger partial charge in [-0.3, -0.25) is 4.79 Å². The third-order valence-corrected chi connectivity index (χ3v) is 7.12. The Balaban J connectivity index is 1.34. The molecule has 1 amide bonds. The van der Waals surface area contributed by atoms with Gasteiger partial charge in [-0.25, -0.2) is 14.6 Å². The molecule has 6 nitrogen and oxygen atoms in total. The molecule has 3 heterocycles. The second-order valence-corrected chi connectivity index (χ2v) is 9.19.